The van der Waals surface area contributed by atoms with Crippen molar-refractivity contribution in [3.8, 4) is 0 Å². The van der Waals surface area contributed by atoms with Crippen LogP contribution in [0.25, 0.3) is 10.4 Å². The van der Waals surface area contributed by atoms with E-state index in [1.165, 1.54) is 13.2 Å². The van der Waals surface area contributed by atoms with Crippen molar-refractivity contribution in [2.24, 2.45) is 10.3 Å². The van der Waals surface area contributed by atoms with Gasteiger partial charge in [0.25, 0.3) is 0 Å². The zero-order valence-electron chi connectivity index (χ0n) is 7.58. The first kappa shape index (κ1) is 10.5. The van der Waals surface area contributed by atoms with E-state index >= 15 is 0 Å². The lowest BCUT2D eigenvalue weighted by Gasteiger charge is -1.94. The highest BCUT2D eigenvalue weighted by Crippen LogP contribution is 2.10. The van der Waals surface area contributed by atoms with Crippen LogP contribution < -0.4 is 0 Å². The van der Waals surface area contributed by atoms with Gasteiger partial charge in [-0.15, -0.1) is 0 Å². The van der Waals surface area contributed by atoms with Gasteiger partial charge in [-0.05, 0) is 16.7 Å². The van der Waals surface area contributed by atoms with E-state index in [0.29, 0.717) is 0 Å². The number of rotatable bonds is 4. The van der Waals surface area contributed by atoms with Crippen molar-refractivity contribution in [2.75, 3.05) is 7.11 Å². The molecule has 0 atom stereocenters. The Balaban J connectivity index is 3.07. The second kappa shape index (κ2) is 4.63. The molecule has 1 aromatic heterocycles. The normalized spacial score (nSPS) is 10.6. The summed E-state index contributed by atoms with van der Waals surface area (Å²) in [6.45, 7) is 0. The molecule has 0 unspecified atom stereocenters. The second-order valence-electron chi connectivity index (χ2n) is 2.26. The molecule has 0 radical (unpaired) electrons. The molecule has 0 saturated heterocycles. The van der Waals surface area contributed by atoms with Crippen LogP contribution >= 0.6 is 0 Å². The Bertz CT molecular complexity index is 443. The second-order valence-corrected chi connectivity index (χ2v) is 2.26. The van der Waals surface area contributed by atoms with E-state index in [4.69, 9.17) is 10.6 Å². The molecule has 0 bridgehead atoms. The van der Waals surface area contributed by atoms with Crippen molar-refractivity contribution in [1.82, 2.24) is 10.2 Å². The van der Waals surface area contributed by atoms with Gasteiger partial charge >= 0.3 is 5.97 Å². The number of nitrogens with one attached hydrogen (secondary N) is 1. The van der Waals surface area contributed by atoms with E-state index in [1.807, 2.05) is 0 Å². The highest BCUT2D eigenvalue weighted by Gasteiger charge is 2.16. The van der Waals surface area contributed by atoms with Crippen molar-refractivity contribution in [3.05, 3.63) is 22.2 Å². The SMILES string of the molecule is CON=C(C(=O)O)c1cc(N=[N+]=[N-])n[nH]1. The minimum Gasteiger partial charge on any atom is -0.476 e. The maximum Gasteiger partial charge on any atom is 0.360 e. The zero-order valence-corrected chi connectivity index (χ0v) is 7.58. The van der Waals surface area contributed by atoms with E-state index in [1.54, 1.807) is 0 Å². The number of carbonyl (C=O) groups is 1. The van der Waals surface area contributed by atoms with Crippen LogP contribution in [0.1, 0.15) is 5.69 Å². The number of oxime groups is 1. The molecule has 0 aliphatic heterocycles. The van der Waals surface area contributed by atoms with Crippen LogP contribution in [0.4, 0.5) is 5.82 Å². The molecule has 0 amide bonds. The average Bonchev–Trinajstić information content (AvgIpc) is 2.62. The lowest BCUT2D eigenvalue weighted by molar-refractivity contribution is -0.129. The number of azide groups is 1. The van der Waals surface area contributed by atoms with Gasteiger partial charge in [0, 0.05) is 4.91 Å². The van der Waals surface area contributed by atoms with Crippen molar-refractivity contribution >= 4 is 17.5 Å². The summed E-state index contributed by atoms with van der Waals surface area (Å²) in [6, 6.07) is 1.24. The minimum atomic E-state index is -1.28. The maximum atomic E-state index is 10.7. The van der Waals surface area contributed by atoms with Crippen molar-refractivity contribution < 1.29 is 14.7 Å². The van der Waals surface area contributed by atoms with Gasteiger partial charge in [-0.1, -0.05) is 5.16 Å². The topological polar surface area (TPSA) is 136 Å². The van der Waals surface area contributed by atoms with Gasteiger partial charge in [-0.3, -0.25) is 5.10 Å². The standard InChI is InChI=1S/C6H6N6O3/c1-15-11-5(6(13)14)3-2-4(9-8-3)10-12-7/h2H,1H3,(H,8,9)(H,13,14). The maximum absolute atomic E-state index is 10.7. The van der Waals surface area contributed by atoms with Crippen LogP contribution in [0.3, 0.4) is 0 Å². The summed E-state index contributed by atoms with van der Waals surface area (Å²) in [5.41, 5.74) is 7.85. The third kappa shape index (κ3) is 2.45. The molecular formula is C6H6N6O3. The summed E-state index contributed by atoms with van der Waals surface area (Å²) in [6.07, 6.45) is 0. The van der Waals surface area contributed by atoms with Gasteiger partial charge in [0.1, 0.15) is 12.9 Å². The molecule has 1 aromatic rings. The van der Waals surface area contributed by atoms with E-state index in [2.05, 4.69) is 30.2 Å². The molecule has 1 rings (SSSR count). The smallest absolute Gasteiger partial charge is 0.360 e. The summed E-state index contributed by atoms with van der Waals surface area (Å²) in [4.78, 5) is 17.5. The Morgan fingerprint density at radius 3 is 3.07 bits per heavy atom. The summed E-state index contributed by atoms with van der Waals surface area (Å²) in [5.74, 6) is -1.26. The number of carboxylic acid groups (broad SMARTS) is 1. The summed E-state index contributed by atoms with van der Waals surface area (Å²) < 4.78 is 0. The summed E-state index contributed by atoms with van der Waals surface area (Å²) in [5, 5.41) is 21.1. The van der Waals surface area contributed by atoms with E-state index in [0.717, 1.165) is 0 Å². The molecule has 1 heterocycles. The van der Waals surface area contributed by atoms with Gasteiger partial charge < -0.3 is 9.94 Å². The third-order valence-electron chi connectivity index (χ3n) is 1.35. The molecule has 0 aliphatic carbocycles. The predicted molar refractivity (Wildman–Crippen MR) is 48.6 cm³/mol. The summed E-state index contributed by atoms with van der Waals surface area (Å²) in [7, 11) is 1.22. The molecule has 78 valence electrons. The molecule has 9 heteroatoms. The summed E-state index contributed by atoms with van der Waals surface area (Å²) >= 11 is 0. The highest BCUT2D eigenvalue weighted by atomic mass is 16.6. The molecule has 0 saturated carbocycles. The number of hydrogen-bond donors (Lipinski definition) is 2. The van der Waals surface area contributed by atoms with Gasteiger partial charge in [0.05, 0.1) is 5.69 Å². The van der Waals surface area contributed by atoms with Crippen LogP contribution in [0, 0.1) is 0 Å². The molecule has 9 nitrogen and oxygen atoms in total. The van der Waals surface area contributed by atoms with E-state index in [-0.39, 0.29) is 17.2 Å². The Morgan fingerprint density at radius 1 is 1.80 bits per heavy atom. The Hall–Kier alpha value is -2.54. The number of carboxylic acids is 1. The van der Waals surface area contributed by atoms with Crippen LogP contribution in [0.2, 0.25) is 0 Å². The Morgan fingerprint density at radius 2 is 2.53 bits per heavy atom. The zero-order chi connectivity index (χ0) is 11.3. The van der Waals surface area contributed by atoms with Gasteiger partial charge in [0.2, 0.25) is 5.71 Å². The van der Waals surface area contributed by atoms with E-state index < -0.39 is 5.97 Å². The van der Waals surface area contributed by atoms with Gasteiger partial charge in [-0.2, -0.15) is 5.10 Å². The van der Waals surface area contributed by atoms with E-state index in [9.17, 15) is 4.79 Å². The fraction of sp³-hybridized carbons (Fsp3) is 0.167. The molecule has 2 N–H and O–H groups in total. The van der Waals surface area contributed by atoms with Gasteiger partial charge in [-0.25, -0.2) is 4.79 Å². The van der Waals surface area contributed by atoms with Gasteiger partial charge in [0.15, 0.2) is 0 Å². The minimum absolute atomic E-state index is 0.0255. The first-order chi connectivity index (χ1) is 7.19. The molecule has 0 aromatic carbocycles. The Labute approximate surface area is 83.0 Å². The average molecular weight is 210 g/mol. The third-order valence-corrected chi connectivity index (χ3v) is 1.35. The van der Waals surface area contributed by atoms with Crippen LogP contribution in [0.15, 0.2) is 16.3 Å². The fourth-order valence-corrected chi connectivity index (χ4v) is 0.824. The molecular weight excluding hydrogens is 204 g/mol. The Kier molecular flexibility index (Phi) is 3.25. The van der Waals surface area contributed by atoms with Crippen LogP contribution in [-0.2, 0) is 9.63 Å². The lowest BCUT2D eigenvalue weighted by Crippen LogP contribution is -2.15. The first-order valence-corrected chi connectivity index (χ1v) is 3.64. The number of H-pyrrole nitrogens is 1. The number of aromatic nitrogens is 2. The number of aliphatic carboxylic acids is 1. The van der Waals surface area contributed by atoms with Crippen LogP contribution in [-0.4, -0.2) is 34.1 Å². The van der Waals surface area contributed by atoms with Crippen LogP contribution in [0.5, 0.6) is 0 Å². The quantitative estimate of drug-likeness (QED) is 0.249. The van der Waals surface area contributed by atoms with Crippen molar-refractivity contribution in [3.63, 3.8) is 0 Å². The molecule has 0 spiro atoms. The molecule has 0 aliphatic rings. The predicted octanol–water partition coefficient (Wildman–Crippen LogP) is 0.787. The number of hydrogen-bond acceptors (Lipinski definition) is 5. The fourth-order valence-electron chi connectivity index (χ4n) is 0.824. The largest absolute Gasteiger partial charge is 0.476 e. The van der Waals surface area contributed by atoms with Crippen molar-refractivity contribution in [1.29, 1.82) is 0 Å². The first-order valence-electron chi connectivity index (χ1n) is 3.64. The van der Waals surface area contributed by atoms with Crippen molar-refractivity contribution in [2.45, 2.75) is 0 Å². The molecule has 15 heavy (non-hydrogen) atoms. The lowest BCUT2D eigenvalue weighted by atomic mass is 10.3. The number of nitrogens with zero attached hydrogens (tertiary/aromatic N) is 5. The highest BCUT2D eigenvalue weighted by molar-refractivity contribution is 6.41. The number of aromatic amines is 1. The monoisotopic (exact) mass is 210 g/mol. The molecule has 0 fully saturated rings.